The third kappa shape index (κ3) is 3.64. The first-order valence-electron chi connectivity index (χ1n) is 8.81. The van der Waals surface area contributed by atoms with E-state index < -0.39 is 0 Å². The van der Waals surface area contributed by atoms with Crippen molar-refractivity contribution in [2.45, 2.75) is 31.7 Å². The zero-order valence-corrected chi connectivity index (χ0v) is 15.5. The molecule has 0 saturated carbocycles. The van der Waals surface area contributed by atoms with Crippen molar-refractivity contribution in [2.75, 3.05) is 27.9 Å². The highest BCUT2D eigenvalue weighted by molar-refractivity contribution is 5.91. The van der Waals surface area contributed by atoms with E-state index in [1.165, 1.54) is 6.26 Å². The minimum atomic E-state index is -0.0489. The molecule has 0 spiro atoms. The molecule has 0 aliphatic carbocycles. The van der Waals surface area contributed by atoms with Crippen molar-refractivity contribution < 1.29 is 23.4 Å². The fraction of sp³-hybridized carbons (Fsp3) is 0.450. The molecule has 2 heterocycles. The summed E-state index contributed by atoms with van der Waals surface area (Å²) in [6.07, 6.45) is 5.34. The Kier molecular flexibility index (Phi) is 5.71. The maximum absolute atomic E-state index is 12.8. The van der Waals surface area contributed by atoms with E-state index in [1.807, 2.05) is 17.0 Å². The van der Waals surface area contributed by atoms with Crippen LogP contribution in [-0.4, -0.2) is 44.7 Å². The van der Waals surface area contributed by atoms with Gasteiger partial charge in [0.15, 0.2) is 17.3 Å². The van der Waals surface area contributed by atoms with Gasteiger partial charge < -0.3 is 23.5 Å². The van der Waals surface area contributed by atoms with Crippen LogP contribution in [0.5, 0.6) is 17.2 Å². The molecule has 1 saturated heterocycles. The van der Waals surface area contributed by atoms with Gasteiger partial charge >= 0.3 is 0 Å². The van der Waals surface area contributed by atoms with Crippen molar-refractivity contribution in [3.63, 3.8) is 0 Å². The lowest BCUT2D eigenvalue weighted by molar-refractivity contribution is 0.0581. The number of methoxy groups -OCH3 is 3. The predicted molar refractivity (Wildman–Crippen MR) is 97.2 cm³/mol. The first-order chi connectivity index (χ1) is 12.7. The van der Waals surface area contributed by atoms with Crippen LogP contribution in [0.25, 0.3) is 0 Å². The molecule has 1 aliphatic heterocycles. The number of nitrogens with zero attached hydrogens (tertiary/aromatic N) is 1. The number of carbonyl (C=O) groups is 1. The minimum absolute atomic E-state index is 0.0489. The molecule has 26 heavy (non-hydrogen) atoms. The molecule has 0 N–H and O–H groups in total. The van der Waals surface area contributed by atoms with Gasteiger partial charge in [-0.25, -0.2) is 0 Å². The fourth-order valence-electron chi connectivity index (χ4n) is 3.55. The summed E-state index contributed by atoms with van der Waals surface area (Å²) in [4.78, 5) is 14.7. The molecule has 6 heteroatoms. The first-order valence-corrected chi connectivity index (χ1v) is 8.81. The normalized spacial score (nSPS) is 17.0. The number of likely N-dealkylation sites (tertiary alicyclic amines) is 1. The summed E-state index contributed by atoms with van der Waals surface area (Å²) >= 11 is 0. The zero-order chi connectivity index (χ0) is 18.5. The van der Waals surface area contributed by atoms with Crippen LogP contribution >= 0.6 is 0 Å². The highest BCUT2D eigenvalue weighted by Crippen LogP contribution is 2.39. The van der Waals surface area contributed by atoms with E-state index in [4.69, 9.17) is 18.6 Å². The van der Waals surface area contributed by atoms with Crippen molar-refractivity contribution >= 4 is 5.91 Å². The Balaban J connectivity index is 1.85. The van der Waals surface area contributed by atoms with Crippen LogP contribution < -0.4 is 14.2 Å². The molecule has 1 atom stereocenters. The van der Waals surface area contributed by atoms with Crippen molar-refractivity contribution in [3.05, 3.63) is 41.9 Å². The number of hydrogen-bond donors (Lipinski definition) is 0. The van der Waals surface area contributed by atoms with Crippen LogP contribution in [0.2, 0.25) is 0 Å². The van der Waals surface area contributed by atoms with Crippen LogP contribution in [0.3, 0.4) is 0 Å². The molecule has 1 fully saturated rings. The van der Waals surface area contributed by atoms with Gasteiger partial charge in [0.05, 0.1) is 27.6 Å². The highest BCUT2D eigenvalue weighted by atomic mass is 16.5. The van der Waals surface area contributed by atoms with Gasteiger partial charge in [0.2, 0.25) is 5.75 Å². The van der Waals surface area contributed by atoms with Crippen LogP contribution in [0.1, 0.15) is 35.4 Å². The summed E-state index contributed by atoms with van der Waals surface area (Å²) < 4.78 is 21.6. The van der Waals surface area contributed by atoms with Gasteiger partial charge in [-0.3, -0.25) is 4.79 Å². The molecular weight excluding hydrogens is 334 g/mol. The number of amides is 1. The molecule has 1 unspecified atom stereocenters. The maximum Gasteiger partial charge on any atom is 0.289 e. The number of furan rings is 1. The number of carbonyl (C=O) groups excluding carboxylic acids is 1. The monoisotopic (exact) mass is 359 g/mol. The van der Waals surface area contributed by atoms with Crippen molar-refractivity contribution in [1.29, 1.82) is 0 Å². The van der Waals surface area contributed by atoms with Gasteiger partial charge in [-0.15, -0.1) is 0 Å². The number of piperidine rings is 1. The average molecular weight is 359 g/mol. The predicted octanol–water partition coefficient (Wildman–Crippen LogP) is 3.54. The first kappa shape index (κ1) is 18.2. The second-order valence-electron chi connectivity index (χ2n) is 6.36. The van der Waals surface area contributed by atoms with Gasteiger partial charge in [-0.2, -0.15) is 0 Å². The van der Waals surface area contributed by atoms with Gasteiger partial charge in [-0.1, -0.05) is 0 Å². The van der Waals surface area contributed by atoms with Crippen LogP contribution in [-0.2, 0) is 6.42 Å². The van der Waals surface area contributed by atoms with Crippen LogP contribution in [0.4, 0.5) is 0 Å². The van der Waals surface area contributed by atoms with Crippen molar-refractivity contribution in [2.24, 2.45) is 0 Å². The third-order valence-corrected chi connectivity index (χ3v) is 4.82. The lowest BCUT2D eigenvalue weighted by atomic mass is 9.95. The standard InChI is InChI=1S/C20H25NO5/c1-23-17-12-14(13-18(24-2)19(17)25-3)11-15-7-4-5-9-21(15)20(22)16-8-6-10-26-16/h6,8,10,12-13,15H,4-5,7,9,11H2,1-3H3. The lowest BCUT2D eigenvalue weighted by Gasteiger charge is -2.35. The van der Waals surface area contributed by atoms with Crippen LogP contribution in [0.15, 0.2) is 34.9 Å². The number of rotatable bonds is 6. The molecule has 2 aromatic rings. The van der Waals surface area contributed by atoms with E-state index >= 15 is 0 Å². The summed E-state index contributed by atoms with van der Waals surface area (Å²) in [7, 11) is 4.80. The molecular formula is C20H25NO5. The van der Waals surface area contributed by atoms with E-state index in [2.05, 4.69) is 0 Å². The van der Waals surface area contributed by atoms with Crippen molar-refractivity contribution in [3.8, 4) is 17.2 Å². The molecule has 3 rings (SSSR count). The van der Waals surface area contributed by atoms with Gasteiger partial charge in [0.25, 0.3) is 5.91 Å². The van der Waals surface area contributed by atoms with Gasteiger partial charge in [0, 0.05) is 12.6 Å². The summed E-state index contributed by atoms with van der Waals surface area (Å²) in [6, 6.07) is 7.47. The Morgan fingerprint density at radius 3 is 2.46 bits per heavy atom. The third-order valence-electron chi connectivity index (χ3n) is 4.82. The SMILES string of the molecule is COc1cc(CC2CCCCN2C(=O)c2ccco2)cc(OC)c1OC. The molecule has 1 aliphatic rings. The largest absolute Gasteiger partial charge is 0.493 e. The van der Waals surface area contributed by atoms with Gasteiger partial charge in [0.1, 0.15) is 0 Å². The molecule has 140 valence electrons. The number of ether oxygens (including phenoxy) is 3. The Hall–Kier alpha value is -2.63. The van der Waals surface area contributed by atoms with Crippen molar-refractivity contribution in [1.82, 2.24) is 4.90 Å². The molecule has 0 bridgehead atoms. The Morgan fingerprint density at radius 2 is 1.88 bits per heavy atom. The number of hydrogen-bond acceptors (Lipinski definition) is 5. The molecule has 0 radical (unpaired) electrons. The Bertz CT molecular complexity index is 716. The molecule has 1 aromatic carbocycles. The quantitative estimate of drug-likeness (QED) is 0.789. The summed E-state index contributed by atoms with van der Waals surface area (Å²) in [5.74, 6) is 2.17. The summed E-state index contributed by atoms with van der Waals surface area (Å²) in [5, 5.41) is 0. The second-order valence-corrected chi connectivity index (χ2v) is 6.36. The van der Waals surface area contributed by atoms with E-state index in [9.17, 15) is 4.79 Å². The smallest absolute Gasteiger partial charge is 0.289 e. The molecule has 6 nitrogen and oxygen atoms in total. The molecule has 1 amide bonds. The second kappa shape index (κ2) is 8.17. The van der Waals surface area contributed by atoms with E-state index in [-0.39, 0.29) is 11.9 Å². The van der Waals surface area contributed by atoms with Gasteiger partial charge in [-0.05, 0) is 55.5 Å². The van der Waals surface area contributed by atoms with E-state index in [0.29, 0.717) is 23.0 Å². The fourth-order valence-corrected chi connectivity index (χ4v) is 3.55. The van der Waals surface area contributed by atoms with Crippen LogP contribution in [0, 0.1) is 0 Å². The Labute approximate surface area is 153 Å². The zero-order valence-electron chi connectivity index (χ0n) is 15.5. The lowest BCUT2D eigenvalue weighted by Crippen LogP contribution is -2.44. The average Bonchev–Trinajstić information content (AvgIpc) is 3.21. The number of benzene rings is 1. The molecule has 1 aromatic heterocycles. The Morgan fingerprint density at radius 1 is 1.15 bits per heavy atom. The van der Waals surface area contributed by atoms with E-state index in [0.717, 1.165) is 37.8 Å². The highest BCUT2D eigenvalue weighted by Gasteiger charge is 2.29. The minimum Gasteiger partial charge on any atom is -0.493 e. The van der Waals surface area contributed by atoms with E-state index in [1.54, 1.807) is 33.5 Å². The summed E-state index contributed by atoms with van der Waals surface area (Å²) in [6.45, 7) is 0.745. The maximum atomic E-state index is 12.8. The summed E-state index contributed by atoms with van der Waals surface area (Å²) in [5.41, 5.74) is 1.05. The topological polar surface area (TPSA) is 61.1 Å².